The maximum absolute atomic E-state index is 12.1. The standard InChI is InChI=1S/C16H21NO2/c1-12-6-3-4-8-14(12)15(19)17-11-16(2)9-5-7-13(18)10-16/h3-4,6,8H,5,7,9-11H2,1-2H3,(H,17,19)/t16-/m1/s1. The van der Waals surface area contributed by atoms with Crippen molar-refractivity contribution in [1.82, 2.24) is 5.32 Å². The molecule has 0 bridgehead atoms. The van der Waals surface area contributed by atoms with Crippen LogP contribution in [0.15, 0.2) is 24.3 Å². The van der Waals surface area contributed by atoms with E-state index in [0.29, 0.717) is 30.7 Å². The van der Waals surface area contributed by atoms with Gasteiger partial charge in [0.2, 0.25) is 0 Å². The van der Waals surface area contributed by atoms with Crippen molar-refractivity contribution in [3.8, 4) is 0 Å². The van der Waals surface area contributed by atoms with Crippen LogP contribution in [-0.2, 0) is 4.79 Å². The number of amides is 1. The molecule has 0 radical (unpaired) electrons. The van der Waals surface area contributed by atoms with Crippen molar-refractivity contribution in [1.29, 1.82) is 0 Å². The van der Waals surface area contributed by atoms with Gasteiger partial charge in [0, 0.05) is 24.9 Å². The Balaban J connectivity index is 1.97. The van der Waals surface area contributed by atoms with Crippen LogP contribution in [0.1, 0.15) is 48.5 Å². The third kappa shape index (κ3) is 3.43. The minimum Gasteiger partial charge on any atom is -0.351 e. The summed E-state index contributed by atoms with van der Waals surface area (Å²) >= 11 is 0. The Morgan fingerprint density at radius 1 is 1.37 bits per heavy atom. The van der Waals surface area contributed by atoms with Crippen LogP contribution in [0.2, 0.25) is 0 Å². The Labute approximate surface area is 114 Å². The van der Waals surface area contributed by atoms with Gasteiger partial charge in [-0.1, -0.05) is 25.1 Å². The van der Waals surface area contributed by atoms with E-state index in [2.05, 4.69) is 12.2 Å². The molecular formula is C16H21NO2. The number of hydrogen-bond donors (Lipinski definition) is 1. The van der Waals surface area contributed by atoms with Gasteiger partial charge in [-0.15, -0.1) is 0 Å². The predicted octanol–water partition coefficient (Wildman–Crippen LogP) is 2.87. The largest absolute Gasteiger partial charge is 0.351 e. The molecule has 1 aromatic carbocycles. The monoisotopic (exact) mass is 259 g/mol. The number of ketones is 1. The lowest BCUT2D eigenvalue weighted by Crippen LogP contribution is -2.39. The van der Waals surface area contributed by atoms with Crippen LogP contribution >= 0.6 is 0 Å². The van der Waals surface area contributed by atoms with Gasteiger partial charge in [-0.3, -0.25) is 9.59 Å². The number of Topliss-reactive ketones (excluding diaryl/α,β-unsaturated/α-hetero) is 1. The molecule has 1 aliphatic carbocycles. The zero-order chi connectivity index (χ0) is 13.9. The third-order valence-corrected chi connectivity index (χ3v) is 3.93. The van der Waals surface area contributed by atoms with Crippen LogP contribution in [0, 0.1) is 12.3 Å². The molecule has 2 rings (SSSR count). The van der Waals surface area contributed by atoms with Gasteiger partial charge in [-0.2, -0.15) is 0 Å². The molecule has 1 amide bonds. The third-order valence-electron chi connectivity index (χ3n) is 3.93. The summed E-state index contributed by atoms with van der Waals surface area (Å²) in [6, 6.07) is 7.56. The zero-order valence-electron chi connectivity index (χ0n) is 11.7. The number of nitrogens with one attached hydrogen (secondary N) is 1. The molecule has 1 N–H and O–H groups in total. The molecule has 1 saturated carbocycles. The molecule has 1 aliphatic rings. The molecule has 0 saturated heterocycles. The SMILES string of the molecule is Cc1ccccc1C(=O)NC[C@]1(C)CCCC(=O)C1. The van der Waals surface area contributed by atoms with E-state index in [-0.39, 0.29) is 11.3 Å². The van der Waals surface area contributed by atoms with Gasteiger partial charge in [-0.05, 0) is 36.8 Å². The minimum absolute atomic E-state index is 0.0441. The Hall–Kier alpha value is -1.64. The fraction of sp³-hybridized carbons (Fsp3) is 0.500. The molecule has 0 aromatic heterocycles. The first kappa shape index (κ1) is 13.8. The number of carbonyl (C=O) groups is 2. The molecule has 1 aromatic rings. The summed E-state index contributed by atoms with van der Waals surface area (Å²) in [5, 5.41) is 2.98. The lowest BCUT2D eigenvalue weighted by atomic mass is 9.75. The predicted molar refractivity (Wildman–Crippen MR) is 75.1 cm³/mol. The zero-order valence-corrected chi connectivity index (χ0v) is 11.7. The van der Waals surface area contributed by atoms with E-state index >= 15 is 0 Å². The summed E-state index contributed by atoms with van der Waals surface area (Å²) in [6.45, 7) is 4.59. The highest BCUT2D eigenvalue weighted by molar-refractivity contribution is 5.95. The molecule has 0 spiro atoms. The maximum atomic E-state index is 12.1. The number of hydrogen-bond acceptors (Lipinski definition) is 2. The highest BCUT2D eigenvalue weighted by Gasteiger charge is 2.31. The van der Waals surface area contributed by atoms with Crippen molar-refractivity contribution in [3.63, 3.8) is 0 Å². The highest BCUT2D eigenvalue weighted by atomic mass is 16.1. The van der Waals surface area contributed by atoms with Gasteiger partial charge in [0.15, 0.2) is 0 Å². The molecule has 1 fully saturated rings. The van der Waals surface area contributed by atoms with Crippen LogP contribution < -0.4 is 5.32 Å². The first-order chi connectivity index (χ1) is 9.00. The normalized spacial score (nSPS) is 23.2. The van der Waals surface area contributed by atoms with Gasteiger partial charge in [0.1, 0.15) is 5.78 Å². The Bertz CT molecular complexity index is 495. The van der Waals surface area contributed by atoms with E-state index in [1.54, 1.807) is 0 Å². The van der Waals surface area contributed by atoms with Crippen molar-refractivity contribution in [3.05, 3.63) is 35.4 Å². The molecule has 19 heavy (non-hydrogen) atoms. The van der Waals surface area contributed by atoms with Crippen molar-refractivity contribution in [2.75, 3.05) is 6.54 Å². The summed E-state index contributed by atoms with van der Waals surface area (Å²) in [5.41, 5.74) is 1.62. The quantitative estimate of drug-likeness (QED) is 0.907. The first-order valence-electron chi connectivity index (χ1n) is 6.86. The second kappa shape index (κ2) is 5.55. The number of rotatable bonds is 3. The van der Waals surface area contributed by atoms with E-state index in [0.717, 1.165) is 18.4 Å². The fourth-order valence-electron chi connectivity index (χ4n) is 2.73. The van der Waals surface area contributed by atoms with Crippen molar-refractivity contribution >= 4 is 11.7 Å². The molecule has 102 valence electrons. The van der Waals surface area contributed by atoms with Crippen LogP contribution in [-0.4, -0.2) is 18.2 Å². The van der Waals surface area contributed by atoms with E-state index in [1.807, 2.05) is 31.2 Å². The molecular weight excluding hydrogens is 238 g/mol. The summed E-state index contributed by atoms with van der Waals surface area (Å²) in [7, 11) is 0. The molecule has 0 heterocycles. The minimum atomic E-state index is -0.0757. The summed E-state index contributed by atoms with van der Waals surface area (Å²) in [6.07, 6.45) is 3.23. The smallest absolute Gasteiger partial charge is 0.251 e. The van der Waals surface area contributed by atoms with Crippen molar-refractivity contribution < 1.29 is 9.59 Å². The van der Waals surface area contributed by atoms with Gasteiger partial charge in [-0.25, -0.2) is 0 Å². The number of aryl methyl sites for hydroxylation is 1. The van der Waals surface area contributed by atoms with Gasteiger partial charge < -0.3 is 5.32 Å². The van der Waals surface area contributed by atoms with E-state index < -0.39 is 0 Å². The van der Waals surface area contributed by atoms with E-state index in [1.165, 1.54) is 0 Å². The number of benzene rings is 1. The van der Waals surface area contributed by atoms with Crippen LogP contribution in [0.3, 0.4) is 0 Å². The lowest BCUT2D eigenvalue weighted by Gasteiger charge is -2.32. The van der Waals surface area contributed by atoms with Gasteiger partial charge in [0.25, 0.3) is 5.91 Å². The molecule has 1 atom stereocenters. The average molecular weight is 259 g/mol. The van der Waals surface area contributed by atoms with Gasteiger partial charge >= 0.3 is 0 Å². The number of carbonyl (C=O) groups excluding carboxylic acids is 2. The Morgan fingerprint density at radius 2 is 2.11 bits per heavy atom. The fourth-order valence-corrected chi connectivity index (χ4v) is 2.73. The Morgan fingerprint density at radius 3 is 2.79 bits per heavy atom. The van der Waals surface area contributed by atoms with E-state index in [4.69, 9.17) is 0 Å². The molecule has 0 aliphatic heterocycles. The molecule has 3 nitrogen and oxygen atoms in total. The maximum Gasteiger partial charge on any atom is 0.251 e. The topological polar surface area (TPSA) is 46.2 Å². The van der Waals surface area contributed by atoms with Gasteiger partial charge in [0.05, 0.1) is 0 Å². The van der Waals surface area contributed by atoms with Crippen LogP contribution in [0.5, 0.6) is 0 Å². The van der Waals surface area contributed by atoms with Crippen molar-refractivity contribution in [2.45, 2.75) is 39.5 Å². The lowest BCUT2D eigenvalue weighted by molar-refractivity contribution is -0.123. The molecule has 0 unspecified atom stereocenters. The second-order valence-corrected chi connectivity index (χ2v) is 5.88. The summed E-state index contributed by atoms with van der Waals surface area (Å²) in [5.74, 6) is 0.274. The second-order valence-electron chi connectivity index (χ2n) is 5.88. The van der Waals surface area contributed by atoms with Crippen LogP contribution in [0.4, 0.5) is 0 Å². The summed E-state index contributed by atoms with van der Waals surface area (Å²) in [4.78, 5) is 23.7. The highest BCUT2D eigenvalue weighted by Crippen LogP contribution is 2.33. The Kier molecular flexibility index (Phi) is 4.03. The van der Waals surface area contributed by atoms with Crippen molar-refractivity contribution in [2.24, 2.45) is 5.41 Å². The van der Waals surface area contributed by atoms with E-state index in [9.17, 15) is 9.59 Å². The average Bonchev–Trinajstić information content (AvgIpc) is 2.36. The summed E-state index contributed by atoms with van der Waals surface area (Å²) < 4.78 is 0. The first-order valence-corrected chi connectivity index (χ1v) is 6.86. The van der Waals surface area contributed by atoms with Crippen LogP contribution in [0.25, 0.3) is 0 Å². The molecule has 3 heteroatoms.